The van der Waals surface area contributed by atoms with Gasteiger partial charge >= 0.3 is 0 Å². The molecule has 1 amide bonds. The second kappa shape index (κ2) is 5.91. The first-order valence-corrected chi connectivity index (χ1v) is 7.23. The Morgan fingerprint density at radius 1 is 1.19 bits per heavy atom. The summed E-state index contributed by atoms with van der Waals surface area (Å²) in [5.41, 5.74) is 5.97. The molecule has 1 fully saturated rings. The lowest BCUT2D eigenvalue weighted by atomic mass is 9.89. The van der Waals surface area contributed by atoms with Crippen molar-refractivity contribution < 1.29 is 19.0 Å². The second-order valence-electron chi connectivity index (χ2n) is 5.38. The number of hydrogen-bond donors (Lipinski definition) is 2. The van der Waals surface area contributed by atoms with Crippen molar-refractivity contribution in [1.82, 2.24) is 5.32 Å². The number of para-hydroxylation sites is 1. The van der Waals surface area contributed by atoms with Crippen molar-refractivity contribution >= 4 is 5.91 Å². The summed E-state index contributed by atoms with van der Waals surface area (Å²) >= 11 is 0. The molecule has 0 atom stereocenters. The second-order valence-corrected chi connectivity index (χ2v) is 5.38. The van der Waals surface area contributed by atoms with Gasteiger partial charge in [-0.05, 0) is 25.0 Å². The molecule has 1 aromatic carbocycles. The summed E-state index contributed by atoms with van der Waals surface area (Å²) in [6, 6.07) is 5.34. The van der Waals surface area contributed by atoms with Gasteiger partial charge in [0.25, 0.3) is 5.91 Å². The van der Waals surface area contributed by atoms with Crippen molar-refractivity contribution in [3.05, 3.63) is 23.8 Å². The Balaban J connectivity index is 1.82. The van der Waals surface area contributed by atoms with Crippen molar-refractivity contribution in [2.24, 2.45) is 5.73 Å². The smallest absolute Gasteiger partial charge is 0.255 e. The summed E-state index contributed by atoms with van der Waals surface area (Å²) < 4.78 is 16.4. The van der Waals surface area contributed by atoms with Gasteiger partial charge in [0.05, 0.1) is 11.1 Å². The largest absolute Gasteiger partial charge is 0.486 e. The van der Waals surface area contributed by atoms with Gasteiger partial charge in [0.15, 0.2) is 11.5 Å². The zero-order valence-corrected chi connectivity index (χ0v) is 11.9. The molecule has 0 bridgehead atoms. The molecule has 1 aromatic rings. The lowest BCUT2D eigenvalue weighted by Gasteiger charge is -2.37. The number of carbonyl (C=O) groups excluding carboxylic acids is 1. The van der Waals surface area contributed by atoms with E-state index in [-0.39, 0.29) is 5.91 Å². The minimum absolute atomic E-state index is 0.176. The highest BCUT2D eigenvalue weighted by Gasteiger charge is 2.34. The highest BCUT2D eigenvalue weighted by atomic mass is 16.6. The molecule has 0 unspecified atom stereocenters. The van der Waals surface area contributed by atoms with Crippen LogP contribution in [0.5, 0.6) is 11.5 Å². The van der Waals surface area contributed by atoms with Crippen molar-refractivity contribution in [1.29, 1.82) is 0 Å². The number of rotatable bonds is 3. The van der Waals surface area contributed by atoms with Crippen LogP contribution in [0.3, 0.4) is 0 Å². The highest BCUT2D eigenvalue weighted by molar-refractivity contribution is 5.98. The first-order valence-electron chi connectivity index (χ1n) is 7.23. The Bertz CT molecular complexity index is 526. The standard InChI is InChI=1S/C15H20N2O4/c16-10-15(4-6-19-7-5-15)17-14(18)11-2-1-3-12-13(11)21-9-8-20-12/h1-3H,4-10,16H2,(H,17,18). The number of fused-ring (bicyclic) bond motifs is 1. The first-order chi connectivity index (χ1) is 10.2. The first kappa shape index (κ1) is 14.2. The van der Waals surface area contributed by atoms with Gasteiger partial charge < -0.3 is 25.3 Å². The molecule has 0 saturated carbocycles. The van der Waals surface area contributed by atoms with E-state index in [1.165, 1.54) is 0 Å². The molecule has 114 valence electrons. The lowest BCUT2D eigenvalue weighted by Crippen LogP contribution is -2.56. The molecule has 0 aromatic heterocycles. The topological polar surface area (TPSA) is 82.8 Å². The van der Waals surface area contributed by atoms with E-state index < -0.39 is 5.54 Å². The molecule has 6 heteroatoms. The van der Waals surface area contributed by atoms with E-state index in [0.717, 1.165) is 12.8 Å². The Morgan fingerprint density at radius 3 is 2.71 bits per heavy atom. The van der Waals surface area contributed by atoms with E-state index in [0.29, 0.717) is 50.0 Å². The van der Waals surface area contributed by atoms with E-state index in [1.807, 2.05) is 0 Å². The number of benzene rings is 1. The molecule has 3 N–H and O–H groups in total. The summed E-state index contributed by atoms with van der Waals surface area (Å²) in [6.45, 7) is 2.58. The van der Waals surface area contributed by atoms with Crippen LogP contribution in [0.25, 0.3) is 0 Å². The van der Waals surface area contributed by atoms with Crippen LogP contribution >= 0.6 is 0 Å². The number of ether oxygens (including phenoxy) is 3. The minimum Gasteiger partial charge on any atom is -0.486 e. The van der Waals surface area contributed by atoms with Gasteiger partial charge in [0, 0.05) is 19.8 Å². The van der Waals surface area contributed by atoms with Crippen LogP contribution in [0.4, 0.5) is 0 Å². The molecule has 21 heavy (non-hydrogen) atoms. The predicted molar refractivity (Wildman–Crippen MR) is 76.7 cm³/mol. The van der Waals surface area contributed by atoms with E-state index >= 15 is 0 Å². The van der Waals surface area contributed by atoms with Crippen LogP contribution in [0.1, 0.15) is 23.2 Å². The van der Waals surface area contributed by atoms with Gasteiger partial charge in [-0.1, -0.05) is 6.07 Å². The quantitative estimate of drug-likeness (QED) is 0.856. The molecular formula is C15H20N2O4. The molecule has 3 rings (SSSR count). The Labute approximate surface area is 123 Å². The average Bonchev–Trinajstić information content (AvgIpc) is 2.55. The summed E-state index contributed by atoms with van der Waals surface area (Å²) in [5, 5.41) is 3.07. The number of carbonyl (C=O) groups is 1. The summed E-state index contributed by atoms with van der Waals surface area (Å²) in [5.74, 6) is 0.952. The van der Waals surface area contributed by atoms with Crippen LogP contribution in [-0.4, -0.2) is 44.4 Å². The van der Waals surface area contributed by atoms with Crippen LogP contribution in [-0.2, 0) is 4.74 Å². The Morgan fingerprint density at radius 2 is 1.95 bits per heavy atom. The molecule has 0 radical (unpaired) electrons. The van der Waals surface area contributed by atoms with E-state index in [2.05, 4.69) is 5.32 Å². The van der Waals surface area contributed by atoms with Crippen LogP contribution in [0, 0.1) is 0 Å². The number of amides is 1. The van der Waals surface area contributed by atoms with E-state index in [4.69, 9.17) is 19.9 Å². The van der Waals surface area contributed by atoms with Gasteiger partial charge in [-0.3, -0.25) is 4.79 Å². The minimum atomic E-state index is -0.395. The van der Waals surface area contributed by atoms with Gasteiger partial charge in [-0.15, -0.1) is 0 Å². The van der Waals surface area contributed by atoms with Gasteiger partial charge in [-0.2, -0.15) is 0 Å². The molecule has 2 heterocycles. The molecule has 6 nitrogen and oxygen atoms in total. The van der Waals surface area contributed by atoms with Crippen LogP contribution in [0.2, 0.25) is 0 Å². The SMILES string of the molecule is NCC1(NC(=O)c2cccc3c2OCCO3)CCOCC1. The molecule has 0 aliphatic carbocycles. The molecule has 2 aliphatic heterocycles. The average molecular weight is 292 g/mol. The Kier molecular flexibility index (Phi) is 3.98. The normalized spacial score (nSPS) is 19.9. The molecule has 2 aliphatic rings. The third-order valence-electron chi connectivity index (χ3n) is 4.03. The van der Waals surface area contributed by atoms with Gasteiger partial charge in [-0.25, -0.2) is 0 Å². The molecular weight excluding hydrogens is 272 g/mol. The zero-order chi connectivity index (χ0) is 14.7. The van der Waals surface area contributed by atoms with Crippen molar-refractivity contribution in [3.63, 3.8) is 0 Å². The van der Waals surface area contributed by atoms with Crippen molar-refractivity contribution in [2.75, 3.05) is 33.0 Å². The van der Waals surface area contributed by atoms with Gasteiger partial charge in [0.1, 0.15) is 13.2 Å². The maximum Gasteiger partial charge on any atom is 0.255 e. The summed E-state index contributed by atoms with van der Waals surface area (Å²) in [6.07, 6.45) is 1.45. The fourth-order valence-electron chi connectivity index (χ4n) is 2.70. The van der Waals surface area contributed by atoms with Crippen LogP contribution < -0.4 is 20.5 Å². The fraction of sp³-hybridized carbons (Fsp3) is 0.533. The summed E-state index contributed by atoms with van der Waals surface area (Å²) in [7, 11) is 0. The number of nitrogens with two attached hydrogens (primary N) is 1. The van der Waals surface area contributed by atoms with E-state index in [9.17, 15) is 4.79 Å². The van der Waals surface area contributed by atoms with E-state index in [1.54, 1.807) is 18.2 Å². The van der Waals surface area contributed by atoms with Crippen LogP contribution in [0.15, 0.2) is 18.2 Å². The highest BCUT2D eigenvalue weighted by Crippen LogP contribution is 2.34. The lowest BCUT2D eigenvalue weighted by molar-refractivity contribution is 0.0386. The molecule has 1 saturated heterocycles. The Hall–Kier alpha value is -1.79. The summed E-state index contributed by atoms with van der Waals surface area (Å²) in [4.78, 5) is 12.6. The zero-order valence-electron chi connectivity index (χ0n) is 11.9. The van der Waals surface area contributed by atoms with Crippen molar-refractivity contribution in [2.45, 2.75) is 18.4 Å². The van der Waals surface area contributed by atoms with Gasteiger partial charge in [0.2, 0.25) is 0 Å². The fourth-order valence-corrected chi connectivity index (χ4v) is 2.70. The molecule has 0 spiro atoms. The monoisotopic (exact) mass is 292 g/mol. The maximum atomic E-state index is 12.6. The maximum absolute atomic E-state index is 12.6. The number of nitrogens with one attached hydrogen (secondary N) is 1. The third-order valence-corrected chi connectivity index (χ3v) is 4.03. The van der Waals surface area contributed by atoms with Crippen molar-refractivity contribution in [3.8, 4) is 11.5 Å². The predicted octanol–water partition coefficient (Wildman–Crippen LogP) is 0.695. The number of hydrogen-bond acceptors (Lipinski definition) is 5. The third kappa shape index (κ3) is 2.82.